The van der Waals surface area contributed by atoms with Crippen molar-refractivity contribution in [3.05, 3.63) is 35.4 Å². The van der Waals surface area contributed by atoms with Gasteiger partial charge in [0, 0.05) is 6.42 Å². The third-order valence-electron chi connectivity index (χ3n) is 2.11. The van der Waals surface area contributed by atoms with Crippen molar-refractivity contribution < 1.29 is 14.3 Å². The van der Waals surface area contributed by atoms with E-state index in [1.165, 1.54) is 0 Å². The van der Waals surface area contributed by atoms with Crippen LogP contribution in [0, 0.1) is 0 Å². The molecule has 1 aromatic rings. The Hall–Kier alpha value is -1.90. The summed E-state index contributed by atoms with van der Waals surface area (Å²) in [5.41, 5.74) is 1.90. The number of ether oxygens (including phenoxy) is 1. The van der Waals surface area contributed by atoms with Crippen LogP contribution in [0.4, 0.5) is 0 Å². The van der Waals surface area contributed by atoms with Crippen molar-refractivity contribution in [3.8, 4) is 5.75 Å². The van der Waals surface area contributed by atoms with Crippen LogP contribution >= 0.6 is 0 Å². The van der Waals surface area contributed by atoms with E-state index in [0.29, 0.717) is 18.6 Å². The number of allylic oxidation sites excluding steroid dienone is 1. The average molecular weight is 188 g/mol. The smallest absolute Gasteiger partial charge is 0.298 e. The lowest BCUT2D eigenvalue weighted by Gasteiger charge is -2.09. The molecule has 1 aromatic carbocycles. The summed E-state index contributed by atoms with van der Waals surface area (Å²) in [6, 6.07) is 5.25. The lowest BCUT2D eigenvalue weighted by molar-refractivity contribution is -0.120. The Morgan fingerprint density at radius 1 is 1.29 bits per heavy atom. The highest BCUT2D eigenvalue weighted by molar-refractivity contribution is 5.98. The van der Waals surface area contributed by atoms with E-state index in [0.717, 1.165) is 11.1 Å². The van der Waals surface area contributed by atoms with Crippen LogP contribution in [0.2, 0.25) is 0 Å². The van der Waals surface area contributed by atoms with E-state index in [1.54, 1.807) is 24.3 Å². The monoisotopic (exact) mass is 188 g/mol. The predicted molar refractivity (Wildman–Crippen MR) is 50.9 cm³/mol. The van der Waals surface area contributed by atoms with Gasteiger partial charge in [-0.2, -0.15) is 0 Å². The van der Waals surface area contributed by atoms with Gasteiger partial charge in [0.2, 0.25) is 0 Å². The molecule has 0 bridgehead atoms. The van der Waals surface area contributed by atoms with Gasteiger partial charge in [-0.05, 0) is 29.3 Å². The molecule has 1 aliphatic rings. The van der Waals surface area contributed by atoms with Gasteiger partial charge in [0.05, 0.1) is 0 Å². The number of hydrogen-bond acceptors (Lipinski definition) is 3. The van der Waals surface area contributed by atoms with Gasteiger partial charge in [-0.3, -0.25) is 9.59 Å². The third kappa shape index (κ3) is 1.57. The van der Waals surface area contributed by atoms with Crippen LogP contribution in [0.25, 0.3) is 6.08 Å². The number of ketones is 1. The molecule has 0 atom stereocenters. The number of rotatable bonds is 2. The first-order chi connectivity index (χ1) is 6.79. The second-order valence-electron chi connectivity index (χ2n) is 3.05. The second kappa shape index (κ2) is 3.46. The van der Waals surface area contributed by atoms with Crippen LogP contribution < -0.4 is 4.74 Å². The number of benzene rings is 1. The summed E-state index contributed by atoms with van der Waals surface area (Å²) in [5, 5.41) is 0. The highest BCUT2D eigenvalue weighted by Crippen LogP contribution is 2.22. The molecule has 0 amide bonds. The standard InChI is InChI=1S/C11H8O3/c12-7-14-11-4-2-8-1-3-10(13)5-9(8)6-11/h1-4,6-7H,5H2. The third-order valence-corrected chi connectivity index (χ3v) is 2.11. The molecule has 3 heteroatoms. The molecule has 14 heavy (non-hydrogen) atoms. The summed E-state index contributed by atoms with van der Waals surface area (Å²) in [6.45, 7) is 0.377. The molecule has 0 radical (unpaired) electrons. The first kappa shape index (κ1) is 8.69. The Bertz CT molecular complexity index is 419. The highest BCUT2D eigenvalue weighted by atomic mass is 16.5. The molecule has 0 N–H and O–H groups in total. The molecule has 0 saturated carbocycles. The van der Waals surface area contributed by atoms with Crippen molar-refractivity contribution in [1.29, 1.82) is 0 Å². The zero-order valence-electron chi connectivity index (χ0n) is 7.40. The van der Waals surface area contributed by atoms with Crippen molar-refractivity contribution in [2.75, 3.05) is 0 Å². The Labute approximate surface area is 81.0 Å². The SMILES string of the molecule is O=COc1ccc2c(c1)CC(=O)C=C2. The Kier molecular flexibility index (Phi) is 2.14. The van der Waals surface area contributed by atoms with Gasteiger partial charge in [0.15, 0.2) is 5.78 Å². The summed E-state index contributed by atoms with van der Waals surface area (Å²) in [7, 11) is 0. The summed E-state index contributed by atoms with van der Waals surface area (Å²) in [4.78, 5) is 21.2. The van der Waals surface area contributed by atoms with Crippen LogP contribution in [-0.4, -0.2) is 12.3 Å². The van der Waals surface area contributed by atoms with Gasteiger partial charge in [-0.15, -0.1) is 0 Å². The zero-order valence-corrected chi connectivity index (χ0v) is 7.40. The summed E-state index contributed by atoms with van der Waals surface area (Å²) in [5.74, 6) is 0.544. The second-order valence-corrected chi connectivity index (χ2v) is 3.05. The maximum absolute atomic E-state index is 11.1. The molecular weight excluding hydrogens is 180 g/mol. The number of hydrogen-bond donors (Lipinski definition) is 0. The molecule has 0 unspecified atom stereocenters. The van der Waals surface area contributed by atoms with Crippen molar-refractivity contribution in [3.63, 3.8) is 0 Å². The van der Waals surface area contributed by atoms with E-state index in [2.05, 4.69) is 0 Å². The average Bonchev–Trinajstić information content (AvgIpc) is 2.17. The minimum Gasteiger partial charge on any atom is -0.429 e. The molecule has 2 rings (SSSR count). The molecular formula is C11H8O3. The molecule has 3 nitrogen and oxygen atoms in total. The first-order valence-corrected chi connectivity index (χ1v) is 4.24. The maximum atomic E-state index is 11.1. The predicted octanol–water partition coefficient (Wildman–Crippen LogP) is 1.36. The Balaban J connectivity index is 2.39. The normalized spacial score (nSPS) is 13.6. The number of carbonyl (C=O) groups is 2. The van der Waals surface area contributed by atoms with Gasteiger partial charge < -0.3 is 4.74 Å². The van der Waals surface area contributed by atoms with E-state index in [9.17, 15) is 9.59 Å². The van der Waals surface area contributed by atoms with Crippen LogP contribution in [0.1, 0.15) is 11.1 Å². The molecule has 0 spiro atoms. The van der Waals surface area contributed by atoms with E-state index >= 15 is 0 Å². The van der Waals surface area contributed by atoms with Crippen LogP contribution in [0.15, 0.2) is 24.3 Å². The summed E-state index contributed by atoms with van der Waals surface area (Å²) >= 11 is 0. The molecule has 0 saturated heterocycles. The fourth-order valence-corrected chi connectivity index (χ4v) is 1.46. The topological polar surface area (TPSA) is 43.4 Å². The highest BCUT2D eigenvalue weighted by Gasteiger charge is 2.10. The van der Waals surface area contributed by atoms with E-state index in [1.807, 2.05) is 6.07 Å². The van der Waals surface area contributed by atoms with E-state index in [-0.39, 0.29) is 5.78 Å². The largest absolute Gasteiger partial charge is 0.429 e. The molecule has 70 valence electrons. The van der Waals surface area contributed by atoms with E-state index < -0.39 is 0 Å². The summed E-state index contributed by atoms with van der Waals surface area (Å²) in [6.07, 6.45) is 3.70. The van der Waals surface area contributed by atoms with Crippen LogP contribution in [0.3, 0.4) is 0 Å². The van der Waals surface area contributed by atoms with Crippen molar-refractivity contribution in [2.45, 2.75) is 6.42 Å². The zero-order chi connectivity index (χ0) is 9.97. The maximum Gasteiger partial charge on any atom is 0.298 e. The first-order valence-electron chi connectivity index (χ1n) is 4.24. The lowest BCUT2D eigenvalue weighted by atomic mass is 9.96. The Morgan fingerprint density at radius 3 is 2.93 bits per heavy atom. The summed E-state index contributed by atoms with van der Waals surface area (Å²) < 4.78 is 4.69. The lowest BCUT2D eigenvalue weighted by Crippen LogP contribution is -2.05. The van der Waals surface area contributed by atoms with Crippen LogP contribution in [0.5, 0.6) is 5.75 Å². The van der Waals surface area contributed by atoms with Crippen molar-refractivity contribution >= 4 is 18.3 Å². The molecule has 1 aliphatic carbocycles. The van der Waals surface area contributed by atoms with Crippen molar-refractivity contribution in [2.24, 2.45) is 0 Å². The Morgan fingerprint density at radius 2 is 2.14 bits per heavy atom. The van der Waals surface area contributed by atoms with Crippen molar-refractivity contribution in [1.82, 2.24) is 0 Å². The van der Waals surface area contributed by atoms with Gasteiger partial charge in [-0.1, -0.05) is 12.1 Å². The molecule has 0 aliphatic heterocycles. The van der Waals surface area contributed by atoms with Crippen LogP contribution in [-0.2, 0) is 16.0 Å². The molecule has 0 fully saturated rings. The minimum absolute atomic E-state index is 0.0701. The fourth-order valence-electron chi connectivity index (χ4n) is 1.46. The van der Waals surface area contributed by atoms with E-state index in [4.69, 9.17) is 4.74 Å². The number of fused-ring (bicyclic) bond motifs is 1. The molecule has 0 heterocycles. The molecule has 0 aromatic heterocycles. The van der Waals surface area contributed by atoms with Gasteiger partial charge >= 0.3 is 0 Å². The van der Waals surface area contributed by atoms with Gasteiger partial charge in [0.1, 0.15) is 5.75 Å². The number of carbonyl (C=O) groups excluding carboxylic acids is 2. The minimum atomic E-state index is 0.0701. The van der Waals surface area contributed by atoms with Gasteiger partial charge in [-0.25, -0.2) is 0 Å². The fraction of sp³-hybridized carbons (Fsp3) is 0.0909. The van der Waals surface area contributed by atoms with Gasteiger partial charge in [0.25, 0.3) is 6.47 Å². The quantitative estimate of drug-likeness (QED) is 0.658.